The molecular formula is C14H19Cl2NO2. The van der Waals surface area contributed by atoms with E-state index in [1.165, 1.54) is 0 Å². The Labute approximate surface area is 123 Å². The first kappa shape index (κ1) is 16.3. The number of hydrogen-bond donors (Lipinski definition) is 2. The SMILES string of the molecule is CCCC(C)(NC(C)c1ccc(Cl)c(Cl)c1)C(=O)O. The molecule has 3 nitrogen and oxygen atoms in total. The molecule has 0 aromatic heterocycles. The van der Waals surface area contributed by atoms with Crippen LogP contribution >= 0.6 is 23.2 Å². The summed E-state index contributed by atoms with van der Waals surface area (Å²) in [6, 6.07) is 5.20. The lowest BCUT2D eigenvalue weighted by Crippen LogP contribution is -2.50. The van der Waals surface area contributed by atoms with Crippen LogP contribution in [0.5, 0.6) is 0 Å². The minimum atomic E-state index is -0.944. The highest BCUT2D eigenvalue weighted by Crippen LogP contribution is 2.27. The number of carbonyl (C=O) groups is 1. The Hall–Kier alpha value is -0.770. The molecule has 0 bridgehead atoms. The van der Waals surface area contributed by atoms with Crippen molar-refractivity contribution in [2.75, 3.05) is 0 Å². The summed E-state index contributed by atoms with van der Waals surface area (Å²) in [6.07, 6.45) is 1.36. The van der Waals surface area contributed by atoms with E-state index >= 15 is 0 Å². The molecule has 2 atom stereocenters. The summed E-state index contributed by atoms with van der Waals surface area (Å²) in [5, 5.41) is 13.5. The second-order valence-corrected chi connectivity index (χ2v) is 5.74. The Kier molecular flexibility index (Phi) is 5.65. The van der Waals surface area contributed by atoms with E-state index in [1.807, 2.05) is 19.9 Å². The highest BCUT2D eigenvalue weighted by molar-refractivity contribution is 6.42. The lowest BCUT2D eigenvalue weighted by Gasteiger charge is -2.30. The molecular weight excluding hydrogens is 285 g/mol. The monoisotopic (exact) mass is 303 g/mol. The molecule has 0 aliphatic rings. The fourth-order valence-electron chi connectivity index (χ4n) is 2.08. The Morgan fingerprint density at radius 2 is 2.05 bits per heavy atom. The van der Waals surface area contributed by atoms with E-state index in [4.69, 9.17) is 23.2 Å². The van der Waals surface area contributed by atoms with Crippen LogP contribution in [0.1, 0.15) is 45.2 Å². The Morgan fingerprint density at radius 3 is 2.53 bits per heavy atom. The molecule has 1 aromatic carbocycles. The summed E-state index contributed by atoms with van der Waals surface area (Å²) in [5.41, 5.74) is -0.0294. The number of rotatable bonds is 6. The van der Waals surface area contributed by atoms with Crippen LogP contribution in [0.4, 0.5) is 0 Å². The van der Waals surface area contributed by atoms with Gasteiger partial charge in [0.1, 0.15) is 5.54 Å². The van der Waals surface area contributed by atoms with Crippen molar-refractivity contribution in [2.24, 2.45) is 0 Å². The summed E-state index contributed by atoms with van der Waals surface area (Å²) in [6.45, 7) is 5.58. The van der Waals surface area contributed by atoms with Crippen LogP contribution < -0.4 is 5.32 Å². The van der Waals surface area contributed by atoms with Crippen LogP contribution in [0.15, 0.2) is 18.2 Å². The topological polar surface area (TPSA) is 49.3 Å². The van der Waals surface area contributed by atoms with E-state index < -0.39 is 11.5 Å². The molecule has 0 amide bonds. The number of benzene rings is 1. The van der Waals surface area contributed by atoms with Crippen LogP contribution in [-0.4, -0.2) is 16.6 Å². The van der Waals surface area contributed by atoms with Crippen LogP contribution in [-0.2, 0) is 4.79 Å². The summed E-state index contributed by atoms with van der Waals surface area (Å²) in [7, 11) is 0. The normalized spacial score (nSPS) is 15.8. The summed E-state index contributed by atoms with van der Waals surface area (Å²) in [4.78, 5) is 11.4. The molecule has 2 N–H and O–H groups in total. The number of carboxylic acids is 1. The zero-order valence-corrected chi connectivity index (χ0v) is 12.8. The summed E-state index contributed by atoms with van der Waals surface area (Å²) >= 11 is 11.8. The van der Waals surface area contributed by atoms with Gasteiger partial charge in [0.05, 0.1) is 10.0 Å². The van der Waals surface area contributed by atoms with Gasteiger partial charge in [0.15, 0.2) is 0 Å². The fourth-order valence-corrected chi connectivity index (χ4v) is 2.39. The highest BCUT2D eigenvalue weighted by atomic mass is 35.5. The van der Waals surface area contributed by atoms with Gasteiger partial charge in [0, 0.05) is 6.04 Å². The molecule has 0 spiro atoms. The lowest BCUT2D eigenvalue weighted by molar-refractivity contribution is -0.144. The van der Waals surface area contributed by atoms with Crippen molar-refractivity contribution >= 4 is 29.2 Å². The quantitative estimate of drug-likeness (QED) is 0.824. The van der Waals surface area contributed by atoms with Crippen LogP contribution in [0.25, 0.3) is 0 Å². The highest BCUT2D eigenvalue weighted by Gasteiger charge is 2.33. The Bertz CT molecular complexity index is 465. The minimum absolute atomic E-state index is 0.123. The molecule has 19 heavy (non-hydrogen) atoms. The standard InChI is InChI=1S/C14H19Cl2NO2/c1-4-7-14(3,13(18)19)17-9(2)10-5-6-11(15)12(16)8-10/h5-6,8-9,17H,4,7H2,1-3H3,(H,18,19). The first-order valence-corrected chi connectivity index (χ1v) is 7.02. The average molecular weight is 304 g/mol. The molecule has 0 saturated carbocycles. The molecule has 0 fully saturated rings. The van der Waals surface area contributed by atoms with Gasteiger partial charge >= 0.3 is 5.97 Å². The maximum Gasteiger partial charge on any atom is 0.323 e. The molecule has 0 heterocycles. The van der Waals surface area contributed by atoms with Gasteiger partial charge in [-0.3, -0.25) is 10.1 Å². The van der Waals surface area contributed by atoms with Gasteiger partial charge in [0.2, 0.25) is 0 Å². The second-order valence-electron chi connectivity index (χ2n) is 4.93. The van der Waals surface area contributed by atoms with Gasteiger partial charge in [-0.05, 0) is 38.0 Å². The fraction of sp³-hybridized carbons (Fsp3) is 0.500. The van der Waals surface area contributed by atoms with Crippen LogP contribution in [0, 0.1) is 0 Å². The number of nitrogens with one attached hydrogen (secondary N) is 1. The average Bonchev–Trinajstić information content (AvgIpc) is 2.32. The van der Waals surface area contributed by atoms with Crippen LogP contribution in [0.2, 0.25) is 10.0 Å². The Balaban J connectivity index is 2.90. The van der Waals surface area contributed by atoms with Gasteiger partial charge < -0.3 is 5.11 Å². The van der Waals surface area contributed by atoms with Crippen molar-refractivity contribution in [1.82, 2.24) is 5.32 Å². The van der Waals surface area contributed by atoms with E-state index in [0.29, 0.717) is 16.5 Å². The molecule has 0 radical (unpaired) electrons. The number of halogens is 2. The second kappa shape index (κ2) is 6.60. The van der Waals surface area contributed by atoms with E-state index in [9.17, 15) is 9.90 Å². The zero-order chi connectivity index (χ0) is 14.6. The number of carboxylic acid groups (broad SMARTS) is 1. The third-order valence-electron chi connectivity index (χ3n) is 3.20. The number of aliphatic carboxylic acids is 1. The first-order chi connectivity index (χ1) is 8.80. The first-order valence-electron chi connectivity index (χ1n) is 6.26. The Morgan fingerprint density at radius 1 is 1.42 bits per heavy atom. The maximum absolute atomic E-state index is 11.4. The lowest BCUT2D eigenvalue weighted by atomic mass is 9.94. The molecule has 106 valence electrons. The molecule has 1 rings (SSSR count). The van der Waals surface area contributed by atoms with Gasteiger partial charge in [-0.15, -0.1) is 0 Å². The molecule has 5 heteroatoms. The van der Waals surface area contributed by atoms with Crippen molar-refractivity contribution in [2.45, 2.75) is 45.2 Å². The van der Waals surface area contributed by atoms with Gasteiger partial charge in [-0.25, -0.2) is 0 Å². The molecule has 2 unspecified atom stereocenters. The van der Waals surface area contributed by atoms with Crippen molar-refractivity contribution in [1.29, 1.82) is 0 Å². The van der Waals surface area contributed by atoms with Crippen LogP contribution in [0.3, 0.4) is 0 Å². The zero-order valence-electron chi connectivity index (χ0n) is 11.3. The molecule has 0 saturated heterocycles. The van der Waals surface area contributed by atoms with E-state index in [0.717, 1.165) is 12.0 Å². The smallest absolute Gasteiger partial charge is 0.323 e. The van der Waals surface area contributed by atoms with E-state index in [1.54, 1.807) is 19.1 Å². The van der Waals surface area contributed by atoms with Crippen molar-refractivity contribution in [3.05, 3.63) is 33.8 Å². The molecule has 0 aliphatic heterocycles. The van der Waals surface area contributed by atoms with E-state index in [2.05, 4.69) is 5.32 Å². The largest absolute Gasteiger partial charge is 0.480 e. The van der Waals surface area contributed by atoms with Crippen molar-refractivity contribution in [3.63, 3.8) is 0 Å². The minimum Gasteiger partial charge on any atom is -0.480 e. The number of hydrogen-bond acceptors (Lipinski definition) is 2. The predicted molar refractivity (Wildman–Crippen MR) is 79.0 cm³/mol. The molecule has 0 aliphatic carbocycles. The molecule has 1 aromatic rings. The van der Waals surface area contributed by atoms with Gasteiger partial charge in [-0.2, -0.15) is 0 Å². The third kappa shape index (κ3) is 4.10. The predicted octanol–water partition coefficient (Wildman–Crippen LogP) is 4.29. The van der Waals surface area contributed by atoms with E-state index in [-0.39, 0.29) is 6.04 Å². The maximum atomic E-state index is 11.4. The van der Waals surface area contributed by atoms with Crippen molar-refractivity contribution < 1.29 is 9.90 Å². The van der Waals surface area contributed by atoms with Gasteiger partial charge in [0.25, 0.3) is 0 Å². The summed E-state index contributed by atoms with van der Waals surface area (Å²) < 4.78 is 0. The summed E-state index contributed by atoms with van der Waals surface area (Å²) in [5.74, 6) is -0.846. The van der Waals surface area contributed by atoms with Gasteiger partial charge in [-0.1, -0.05) is 42.6 Å². The third-order valence-corrected chi connectivity index (χ3v) is 3.94. The van der Waals surface area contributed by atoms with Crippen molar-refractivity contribution in [3.8, 4) is 0 Å².